The number of nitrogens with zero attached hydrogens (tertiary/aromatic N) is 1. The van der Waals surface area contributed by atoms with Crippen molar-refractivity contribution in [1.82, 2.24) is 4.98 Å². The molecule has 0 saturated carbocycles. The lowest BCUT2D eigenvalue weighted by molar-refractivity contribution is 0.0600. The van der Waals surface area contributed by atoms with E-state index in [2.05, 4.69) is 20.9 Å². The number of aromatic nitrogens is 1. The zero-order valence-electron chi connectivity index (χ0n) is 15.3. The van der Waals surface area contributed by atoms with Gasteiger partial charge in [0.2, 0.25) is 0 Å². The Labute approximate surface area is 177 Å². The van der Waals surface area contributed by atoms with Crippen LogP contribution in [-0.2, 0) is 24.2 Å². The van der Waals surface area contributed by atoms with Crippen molar-refractivity contribution in [1.29, 1.82) is 0 Å². The van der Waals surface area contributed by atoms with Gasteiger partial charge in [0.05, 0.1) is 12.7 Å². The van der Waals surface area contributed by atoms with Gasteiger partial charge >= 0.3 is 5.97 Å². The smallest absolute Gasteiger partial charge is 0.341 e. The van der Waals surface area contributed by atoms with Gasteiger partial charge in [0.1, 0.15) is 17.5 Å². The fourth-order valence-electron chi connectivity index (χ4n) is 2.76. The fourth-order valence-corrected chi connectivity index (χ4v) is 3.41. The van der Waals surface area contributed by atoms with E-state index in [9.17, 15) is 4.79 Å². The van der Waals surface area contributed by atoms with E-state index in [4.69, 9.17) is 21.1 Å². The molecule has 2 aromatic carbocycles. The molecule has 3 rings (SSSR count). The summed E-state index contributed by atoms with van der Waals surface area (Å²) in [7, 11) is 1.32. The first-order chi connectivity index (χ1) is 13.6. The molecule has 0 radical (unpaired) electrons. The summed E-state index contributed by atoms with van der Waals surface area (Å²) in [6.45, 7) is 0.507. The van der Waals surface area contributed by atoms with Crippen molar-refractivity contribution in [3.63, 3.8) is 0 Å². The van der Waals surface area contributed by atoms with Crippen LogP contribution < -0.4 is 4.74 Å². The Morgan fingerprint density at radius 3 is 2.57 bits per heavy atom. The molecular formula is C22H19BrClNO3. The van der Waals surface area contributed by atoms with Gasteiger partial charge < -0.3 is 9.47 Å². The molecule has 3 aromatic rings. The number of pyridine rings is 1. The maximum absolute atomic E-state index is 11.6. The second-order valence-electron chi connectivity index (χ2n) is 6.16. The summed E-state index contributed by atoms with van der Waals surface area (Å²) in [6.07, 6.45) is 1.39. The molecule has 144 valence electrons. The van der Waals surface area contributed by atoms with Crippen LogP contribution >= 0.6 is 27.5 Å². The van der Waals surface area contributed by atoms with Crippen LogP contribution in [0.3, 0.4) is 0 Å². The quantitative estimate of drug-likeness (QED) is 0.338. The average Bonchev–Trinajstić information content (AvgIpc) is 2.72. The van der Waals surface area contributed by atoms with E-state index in [0.717, 1.165) is 33.5 Å². The molecule has 0 unspecified atom stereocenters. The van der Waals surface area contributed by atoms with Crippen LogP contribution in [-0.4, -0.2) is 18.1 Å². The van der Waals surface area contributed by atoms with E-state index in [1.54, 1.807) is 12.1 Å². The van der Waals surface area contributed by atoms with Crippen LogP contribution in [0.25, 0.3) is 0 Å². The van der Waals surface area contributed by atoms with Crippen LogP contribution in [0, 0.1) is 0 Å². The Balaban J connectivity index is 1.70. The Hall–Kier alpha value is -2.37. The van der Waals surface area contributed by atoms with Crippen LogP contribution in [0.4, 0.5) is 0 Å². The van der Waals surface area contributed by atoms with Crippen LogP contribution in [0.2, 0.25) is 5.15 Å². The van der Waals surface area contributed by atoms with Gasteiger partial charge in [0.25, 0.3) is 0 Å². The molecule has 1 aromatic heterocycles. The molecule has 1 heterocycles. The number of methoxy groups -OCH3 is 1. The SMILES string of the molecule is COC(=O)c1ccc(CCc2cc(Br)ccc2OCc2ccccc2)nc1Cl. The van der Waals surface area contributed by atoms with Crippen molar-refractivity contribution in [3.05, 3.63) is 92.7 Å². The second-order valence-corrected chi connectivity index (χ2v) is 7.43. The molecule has 0 bridgehead atoms. The van der Waals surface area contributed by atoms with Crippen LogP contribution in [0.1, 0.15) is 27.2 Å². The molecule has 4 nitrogen and oxygen atoms in total. The van der Waals surface area contributed by atoms with Gasteiger partial charge in [-0.2, -0.15) is 0 Å². The zero-order valence-corrected chi connectivity index (χ0v) is 17.7. The molecule has 0 spiro atoms. The normalized spacial score (nSPS) is 10.5. The highest BCUT2D eigenvalue weighted by atomic mass is 79.9. The number of rotatable bonds is 7. The molecule has 6 heteroatoms. The molecular weight excluding hydrogens is 442 g/mol. The molecule has 0 saturated heterocycles. The van der Waals surface area contributed by atoms with Crippen molar-refractivity contribution >= 4 is 33.5 Å². The first-order valence-corrected chi connectivity index (χ1v) is 9.93. The van der Waals surface area contributed by atoms with E-state index < -0.39 is 5.97 Å². The highest BCUT2D eigenvalue weighted by Gasteiger charge is 2.13. The first-order valence-electron chi connectivity index (χ1n) is 8.75. The number of aryl methyl sites for hydroxylation is 2. The minimum atomic E-state index is -0.493. The van der Waals surface area contributed by atoms with E-state index in [1.165, 1.54) is 7.11 Å². The average molecular weight is 461 g/mol. The van der Waals surface area contributed by atoms with Crippen molar-refractivity contribution in [2.75, 3.05) is 7.11 Å². The van der Waals surface area contributed by atoms with Crippen LogP contribution in [0.15, 0.2) is 65.1 Å². The van der Waals surface area contributed by atoms with E-state index in [0.29, 0.717) is 13.0 Å². The topological polar surface area (TPSA) is 48.4 Å². The van der Waals surface area contributed by atoms with Gasteiger partial charge in [-0.25, -0.2) is 9.78 Å². The van der Waals surface area contributed by atoms with E-state index in [1.807, 2.05) is 48.5 Å². The number of hydrogen-bond acceptors (Lipinski definition) is 4. The van der Waals surface area contributed by atoms with Gasteiger partial charge in [-0.05, 0) is 54.3 Å². The minimum absolute atomic E-state index is 0.152. The predicted molar refractivity (Wildman–Crippen MR) is 113 cm³/mol. The van der Waals surface area contributed by atoms with E-state index in [-0.39, 0.29) is 10.7 Å². The third-order valence-electron chi connectivity index (χ3n) is 4.22. The number of esters is 1. The Bertz CT molecular complexity index is 963. The molecule has 0 aliphatic carbocycles. The lowest BCUT2D eigenvalue weighted by Crippen LogP contribution is -2.05. The number of halogens is 2. The Morgan fingerprint density at radius 2 is 1.86 bits per heavy atom. The highest BCUT2D eigenvalue weighted by molar-refractivity contribution is 9.10. The molecule has 28 heavy (non-hydrogen) atoms. The Kier molecular flexibility index (Phi) is 7.06. The number of ether oxygens (including phenoxy) is 2. The summed E-state index contributed by atoms with van der Waals surface area (Å²) >= 11 is 9.63. The first kappa shape index (κ1) is 20.4. The third-order valence-corrected chi connectivity index (χ3v) is 5.00. The van der Waals surface area contributed by atoms with Gasteiger partial charge in [0.15, 0.2) is 0 Å². The predicted octanol–water partition coefficient (Wildman–Crippen LogP) is 5.65. The number of benzene rings is 2. The monoisotopic (exact) mass is 459 g/mol. The standard InChI is InChI=1S/C22H19BrClNO3/c1-27-22(26)19-11-10-18(25-21(19)24)9-7-16-13-17(23)8-12-20(16)28-14-15-5-3-2-4-6-15/h2-6,8,10-13H,7,9,14H2,1H3. The van der Waals surface area contributed by atoms with Crippen molar-refractivity contribution in [2.24, 2.45) is 0 Å². The molecule has 0 atom stereocenters. The number of carbonyl (C=O) groups excluding carboxylic acids is 1. The number of hydrogen-bond donors (Lipinski definition) is 0. The lowest BCUT2D eigenvalue weighted by Gasteiger charge is -2.12. The van der Waals surface area contributed by atoms with Gasteiger partial charge in [-0.3, -0.25) is 0 Å². The van der Waals surface area contributed by atoms with Crippen molar-refractivity contribution in [2.45, 2.75) is 19.4 Å². The summed E-state index contributed by atoms with van der Waals surface area (Å²) in [5.41, 5.74) is 3.25. The third kappa shape index (κ3) is 5.33. The summed E-state index contributed by atoms with van der Waals surface area (Å²) in [4.78, 5) is 15.9. The van der Waals surface area contributed by atoms with Gasteiger partial charge in [0, 0.05) is 10.2 Å². The lowest BCUT2D eigenvalue weighted by atomic mass is 10.1. The van der Waals surface area contributed by atoms with Gasteiger partial charge in [-0.15, -0.1) is 0 Å². The molecule has 0 aliphatic heterocycles. The summed E-state index contributed by atoms with van der Waals surface area (Å²) in [5.74, 6) is 0.344. The molecule has 0 N–H and O–H groups in total. The maximum atomic E-state index is 11.6. The summed E-state index contributed by atoms with van der Waals surface area (Å²) in [5, 5.41) is 0.152. The van der Waals surface area contributed by atoms with E-state index >= 15 is 0 Å². The molecule has 0 fully saturated rings. The van der Waals surface area contributed by atoms with Gasteiger partial charge in [-0.1, -0.05) is 57.9 Å². The minimum Gasteiger partial charge on any atom is -0.489 e. The summed E-state index contributed by atoms with van der Waals surface area (Å²) < 4.78 is 11.7. The van der Waals surface area contributed by atoms with Crippen molar-refractivity contribution < 1.29 is 14.3 Å². The summed E-state index contributed by atoms with van der Waals surface area (Å²) in [6, 6.07) is 19.4. The molecule has 0 amide bonds. The second kappa shape index (κ2) is 9.71. The largest absolute Gasteiger partial charge is 0.489 e. The van der Waals surface area contributed by atoms with Crippen LogP contribution in [0.5, 0.6) is 5.75 Å². The molecule has 0 aliphatic rings. The fraction of sp³-hybridized carbons (Fsp3) is 0.182. The zero-order chi connectivity index (χ0) is 19.9. The maximum Gasteiger partial charge on any atom is 0.341 e. The highest BCUT2D eigenvalue weighted by Crippen LogP contribution is 2.26. The Morgan fingerprint density at radius 1 is 1.07 bits per heavy atom. The number of carbonyl (C=O) groups is 1. The van der Waals surface area contributed by atoms with Crippen molar-refractivity contribution in [3.8, 4) is 5.75 Å².